The van der Waals surface area contributed by atoms with Crippen molar-refractivity contribution in [3.05, 3.63) is 34.9 Å². The Morgan fingerprint density at radius 3 is 2.95 bits per heavy atom. The minimum absolute atomic E-state index is 0.311. The first-order chi connectivity index (χ1) is 9.19. The van der Waals surface area contributed by atoms with Gasteiger partial charge in [-0.2, -0.15) is 4.68 Å². The second kappa shape index (κ2) is 5.47. The molecule has 19 heavy (non-hydrogen) atoms. The van der Waals surface area contributed by atoms with Crippen LogP contribution in [0.1, 0.15) is 25.8 Å². The molecule has 0 aliphatic rings. The number of aromatic nitrogens is 3. The third-order valence-corrected chi connectivity index (χ3v) is 2.81. The molecule has 1 N–H and O–H groups in total. The number of hydrogen-bond acceptors (Lipinski definition) is 4. The largest absolute Gasteiger partial charge is 0.351 e. The number of pyridine rings is 1. The van der Waals surface area contributed by atoms with Gasteiger partial charge in [0.1, 0.15) is 6.04 Å². The number of carbonyl (C=O) groups excluding carboxylic acids is 2. The number of nitrogens with zero attached hydrogens (tertiary/aromatic N) is 3. The van der Waals surface area contributed by atoms with Crippen LogP contribution in [0, 0.1) is 0 Å². The molecule has 0 radical (unpaired) electrons. The maximum absolute atomic E-state index is 12.1. The lowest BCUT2D eigenvalue weighted by Crippen LogP contribution is -2.37. The zero-order chi connectivity index (χ0) is 13.8. The van der Waals surface area contributed by atoms with Gasteiger partial charge in [-0.15, -0.1) is 5.10 Å². The van der Waals surface area contributed by atoms with Gasteiger partial charge in [-0.1, -0.05) is 19.4 Å². The fourth-order valence-corrected chi connectivity index (χ4v) is 1.94. The van der Waals surface area contributed by atoms with Crippen molar-refractivity contribution in [2.45, 2.75) is 25.8 Å². The van der Waals surface area contributed by atoms with Crippen molar-refractivity contribution >= 4 is 18.0 Å². The molecule has 1 unspecified atom stereocenters. The molecule has 2 rings (SSSR count). The number of fused-ring (bicyclic) bond motifs is 1. The Kier molecular flexibility index (Phi) is 3.74. The van der Waals surface area contributed by atoms with Crippen molar-refractivity contribution in [1.82, 2.24) is 19.5 Å². The highest BCUT2D eigenvalue weighted by Gasteiger charge is 2.23. The molecule has 0 saturated carbocycles. The molecule has 0 bridgehead atoms. The molecule has 2 amide bonds. The average molecular weight is 262 g/mol. The Balaban J connectivity index is 2.50. The van der Waals surface area contributed by atoms with Crippen molar-refractivity contribution in [2.24, 2.45) is 0 Å². The summed E-state index contributed by atoms with van der Waals surface area (Å²) in [5, 5.41) is 6.20. The van der Waals surface area contributed by atoms with Crippen LogP contribution in [0.5, 0.6) is 0 Å². The van der Waals surface area contributed by atoms with Crippen molar-refractivity contribution in [3.8, 4) is 0 Å². The number of imide groups is 1. The molecule has 2 heterocycles. The third kappa shape index (κ3) is 2.40. The molecular weight excluding hydrogens is 248 g/mol. The first-order valence-electron chi connectivity index (χ1n) is 5.99. The lowest BCUT2D eigenvalue weighted by molar-refractivity contribution is -0.128. The fraction of sp³-hybridized carbons (Fsp3) is 0.333. The van der Waals surface area contributed by atoms with Gasteiger partial charge in [0.15, 0.2) is 5.65 Å². The van der Waals surface area contributed by atoms with E-state index in [4.69, 9.17) is 0 Å². The minimum atomic E-state index is -0.775. The summed E-state index contributed by atoms with van der Waals surface area (Å²) in [4.78, 5) is 34.3. The van der Waals surface area contributed by atoms with Crippen LogP contribution in [0.25, 0.3) is 5.65 Å². The normalized spacial score (nSPS) is 12.3. The van der Waals surface area contributed by atoms with E-state index in [0.717, 1.165) is 4.68 Å². The average Bonchev–Trinajstić information content (AvgIpc) is 2.74. The van der Waals surface area contributed by atoms with E-state index in [1.165, 1.54) is 4.40 Å². The molecule has 0 aliphatic carbocycles. The van der Waals surface area contributed by atoms with Gasteiger partial charge in [0, 0.05) is 6.20 Å². The van der Waals surface area contributed by atoms with Crippen LogP contribution in [0.2, 0.25) is 0 Å². The maximum atomic E-state index is 12.1. The van der Waals surface area contributed by atoms with Crippen LogP contribution >= 0.6 is 0 Å². The highest BCUT2D eigenvalue weighted by Crippen LogP contribution is 2.11. The SMILES string of the molecule is CCCC(C(=O)NC=O)n1nc2ccccn2c1=O. The first kappa shape index (κ1) is 13.0. The van der Waals surface area contributed by atoms with Gasteiger partial charge < -0.3 is 0 Å². The van der Waals surface area contributed by atoms with Crippen LogP contribution < -0.4 is 11.0 Å². The number of amides is 2. The smallest absolute Gasteiger partial charge is 0.297 e. The van der Waals surface area contributed by atoms with E-state index in [-0.39, 0.29) is 0 Å². The third-order valence-electron chi connectivity index (χ3n) is 2.81. The molecule has 100 valence electrons. The quantitative estimate of drug-likeness (QED) is 0.775. The van der Waals surface area contributed by atoms with Gasteiger partial charge in [-0.3, -0.25) is 19.3 Å². The van der Waals surface area contributed by atoms with Crippen LogP contribution in [-0.4, -0.2) is 26.5 Å². The van der Waals surface area contributed by atoms with E-state index >= 15 is 0 Å². The van der Waals surface area contributed by atoms with Gasteiger partial charge in [-0.25, -0.2) is 4.79 Å². The summed E-state index contributed by atoms with van der Waals surface area (Å²) in [6.45, 7) is 1.89. The summed E-state index contributed by atoms with van der Waals surface area (Å²) in [5.74, 6) is -0.526. The van der Waals surface area contributed by atoms with Crippen molar-refractivity contribution in [2.75, 3.05) is 0 Å². The Labute approximate surface area is 108 Å². The van der Waals surface area contributed by atoms with E-state index in [1.54, 1.807) is 24.4 Å². The summed E-state index contributed by atoms with van der Waals surface area (Å²) in [6, 6.07) is 4.37. The number of carbonyl (C=O) groups is 2. The van der Waals surface area contributed by atoms with Crippen LogP contribution in [0.4, 0.5) is 0 Å². The highest BCUT2D eigenvalue weighted by molar-refractivity contribution is 5.88. The molecule has 7 heteroatoms. The maximum Gasteiger partial charge on any atom is 0.351 e. The Morgan fingerprint density at radius 1 is 1.53 bits per heavy atom. The van der Waals surface area contributed by atoms with Crippen LogP contribution in [-0.2, 0) is 9.59 Å². The standard InChI is InChI=1S/C12H14N4O3/c1-2-5-9(11(18)13-8-17)16-12(19)15-7-4-3-6-10(15)14-16/h3-4,6-9H,2,5H2,1H3,(H,13,17,18). The highest BCUT2D eigenvalue weighted by atomic mass is 16.2. The van der Waals surface area contributed by atoms with E-state index in [0.29, 0.717) is 24.9 Å². The van der Waals surface area contributed by atoms with Gasteiger partial charge >= 0.3 is 5.69 Å². The van der Waals surface area contributed by atoms with Crippen molar-refractivity contribution in [1.29, 1.82) is 0 Å². The molecule has 7 nitrogen and oxygen atoms in total. The predicted octanol–water partition coefficient (Wildman–Crippen LogP) is 0.110. The van der Waals surface area contributed by atoms with Crippen molar-refractivity contribution in [3.63, 3.8) is 0 Å². The van der Waals surface area contributed by atoms with E-state index < -0.39 is 17.6 Å². The lowest BCUT2D eigenvalue weighted by atomic mass is 10.1. The lowest BCUT2D eigenvalue weighted by Gasteiger charge is -2.12. The van der Waals surface area contributed by atoms with Crippen LogP contribution in [0.15, 0.2) is 29.2 Å². The second-order valence-electron chi connectivity index (χ2n) is 4.09. The van der Waals surface area contributed by atoms with Gasteiger partial charge in [0.25, 0.3) is 5.91 Å². The fourth-order valence-electron chi connectivity index (χ4n) is 1.94. The Hall–Kier alpha value is -2.44. The van der Waals surface area contributed by atoms with Gasteiger partial charge in [-0.05, 0) is 18.6 Å². The summed E-state index contributed by atoms with van der Waals surface area (Å²) in [6.07, 6.45) is 3.02. The number of hydrogen-bond donors (Lipinski definition) is 1. The number of rotatable bonds is 5. The van der Waals surface area contributed by atoms with E-state index in [2.05, 4.69) is 10.4 Å². The molecule has 2 aromatic rings. The zero-order valence-electron chi connectivity index (χ0n) is 10.4. The monoisotopic (exact) mass is 262 g/mol. The molecule has 0 fully saturated rings. The van der Waals surface area contributed by atoms with Gasteiger partial charge in [0.05, 0.1) is 0 Å². The molecule has 0 spiro atoms. The molecule has 0 aliphatic heterocycles. The molecule has 2 aromatic heterocycles. The second-order valence-corrected chi connectivity index (χ2v) is 4.09. The number of nitrogens with one attached hydrogen (secondary N) is 1. The van der Waals surface area contributed by atoms with Gasteiger partial charge in [0.2, 0.25) is 6.41 Å². The van der Waals surface area contributed by atoms with Crippen molar-refractivity contribution < 1.29 is 9.59 Å². The Morgan fingerprint density at radius 2 is 2.32 bits per heavy atom. The molecule has 1 atom stereocenters. The van der Waals surface area contributed by atoms with Crippen LogP contribution in [0.3, 0.4) is 0 Å². The molecule has 0 aromatic carbocycles. The first-order valence-corrected chi connectivity index (χ1v) is 5.99. The summed E-state index contributed by atoms with van der Waals surface area (Å²) in [7, 11) is 0. The molecular formula is C12H14N4O3. The molecule has 0 saturated heterocycles. The summed E-state index contributed by atoms with van der Waals surface area (Å²) < 4.78 is 2.48. The van der Waals surface area contributed by atoms with E-state index in [9.17, 15) is 14.4 Å². The predicted molar refractivity (Wildman–Crippen MR) is 67.6 cm³/mol. The zero-order valence-corrected chi connectivity index (χ0v) is 10.4. The minimum Gasteiger partial charge on any atom is -0.297 e. The van der Waals surface area contributed by atoms with E-state index in [1.807, 2.05) is 6.92 Å². The summed E-state index contributed by atoms with van der Waals surface area (Å²) >= 11 is 0. The topological polar surface area (TPSA) is 85.5 Å². The summed E-state index contributed by atoms with van der Waals surface area (Å²) in [5.41, 5.74) is 0.0719. The Bertz CT molecular complexity index is 658.